The molecule has 108 valence electrons. The van der Waals surface area contributed by atoms with Crippen molar-refractivity contribution in [1.29, 1.82) is 0 Å². The van der Waals surface area contributed by atoms with Crippen LogP contribution in [0.1, 0.15) is 12.5 Å². The molecule has 2 N–H and O–H groups in total. The van der Waals surface area contributed by atoms with E-state index < -0.39 is 0 Å². The monoisotopic (exact) mass is 278 g/mol. The van der Waals surface area contributed by atoms with Crippen LogP contribution >= 0.6 is 0 Å². The molecule has 0 amide bonds. The molecule has 20 heavy (non-hydrogen) atoms. The molecule has 3 heterocycles. The second kappa shape index (κ2) is 5.35. The summed E-state index contributed by atoms with van der Waals surface area (Å²) in [6.45, 7) is 0.579. The number of fused-ring (bicyclic) bond motifs is 1. The lowest BCUT2D eigenvalue weighted by Crippen LogP contribution is -2.29. The zero-order valence-corrected chi connectivity index (χ0v) is 11.5. The predicted molar refractivity (Wildman–Crippen MR) is 73.1 cm³/mol. The molecular weight excluding hydrogens is 260 g/mol. The summed E-state index contributed by atoms with van der Waals surface area (Å²) in [4.78, 5) is 8.69. The Hall–Kier alpha value is -1.70. The Morgan fingerprint density at radius 2 is 2.20 bits per heavy atom. The maximum atomic E-state index is 5.90. The van der Waals surface area contributed by atoms with Crippen molar-refractivity contribution in [2.45, 2.75) is 24.9 Å². The maximum Gasteiger partial charge on any atom is 0.183 e. The summed E-state index contributed by atoms with van der Waals surface area (Å²) in [5, 5.41) is 0. The molecule has 0 saturated carbocycles. The Labute approximate surface area is 116 Å². The molecular formula is C13H18N4O3. The number of hydrogen-bond acceptors (Lipinski definition) is 6. The van der Waals surface area contributed by atoms with Gasteiger partial charge in [0.2, 0.25) is 0 Å². The largest absolute Gasteiger partial charge is 0.397 e. The van der Waals surface area contributed by atoms with Crippen molar-refractivity contribution in [2.75, 3.05) is 26.6 Å². The quantitative estimate of drug-likeness (QED) is 0.839. The van der Waals surface area contributed by atoms with E-state index in [0.717, 1.165) is 17.6 Å². The van der Waals surface area contributed by atoms with Gasteiger partial charge in [-0.1, -0.05) is 0 Å². The highest BCUT2D eigenvalue weighted by molar-refractivity contribution is 5.83. The van der Waals surface area contributed by atoms with Gasteiger partial charge in [-0.05, 0) is 6.07 Å². The number of nitrogen functional groups attached to an aromatic ring is 1. The number of pyridine rings is 1. The van der Waals surface area contributed by atoms with E-state index in [0.29, 0.717) is 12.3 Å². The normalized spacial score (nSPS) is 22.9. The fourth-order valence-electron chi connectivity index (χ4n) is 2.64. The molecule has 0 aromatic carbocycles. The van der Waals surface area contributed by atoms with Gasteiger partial charge >= 0.3 is 0 Å². The fraction of sp³-hybridized carbons (Fsp3) is 0.538. The van der Waals surface area contributed by atoms with Gasteiger partial charge in [0.15, 0.2) is 11.9 Å². The highest BCUT2D eigenvalue weighted by atomic mass is 16.7. The smallest absolute Gasteiger partial charge is 0.183 e. The molecule has 3 rings (SSSR count). The summed E-state index contributed by atoms with van der Waals surface area (Å²) in [5.41, 5.74) is 8.05. The van der Waals surface area contributed by atoms with E-state index in [4.69, 9.17) is 19.9 Å². The highest BCUT2D eigenvalue weighted by Gasteiger charge is 2.33. The van der Waals surface area contributed by atoms with Crippen LogP contribution in [-0.2, 0) is 14.2 Å². The first-order valence-corrected chi connectivity index (χ1v) is 6.48. The Morgan fingerprint density at radius 3 is 2.95 bits per heavy atom. The van der Waals surface area contributed by atoms with Gasteiger partial charge in [-0.3, -0.25) is 0 Å². The predicted octanol–water partition coefficient (Wildman–Crippen LogP) is 0.962. The van der Waals surface area contributed by atoms with Crippen molar-refractivity contribution in [2.24, 2.45) is 0 Å². The maximum absolute atomic E-state index is 5.90. The number of nitrogens with zero attached hydrogens (tertiary/aromatic N) is 3. The molecule has 7 heteroatoms. The topological polar surface area (TPSA) is 84.4 Å². The van der Waals surface area contributed by atoms with E-state index in [9.17, 15) is 0 Å². The minimum Gasteiger partial charge on any atom is -0.397 e. The first-order chi connectivity index (χ1) is 9.74. The molecule has 2 aromatic rings. The van der Waals surface area contributed by atoms with E-state index in [1.54, 1.807) is 32.8 Å². The third-order valence-corrected chi connectivity index (χ3v) is 3.66. The van der Waals surface area contributed by atoms with Gasteiger partial charge in [0.1, 0.15) is 11.6 Å². The van der Waals surface area contributed by atoms with Crippen LogP contribution in [0.25, 0.3) is 11.2 Å². The lowest BCUT2D eigenvalue weighted by Gasteiger charge is -2.19. The second-order valence-corrected chi connectivity index (χ2v) is 4.83. The zero-order chi connectivity index (χ0) is 14.1. The molecule has 0 radical (unpaired) electrons. The van der Waals surface area contributed by atoms with E-state index in [1.807, 2.05) is 4.57 Å². The SMILES string of the molecule is COC(OC)[C@H]1C[C@@H](n2cnc3c(N)ccnc32)CO1. The third-order valence-electron chi connectivity index (χ3n) is 3.66. The van der Waals surface area contributed by atoms with Crippen molar-refractivity contribution in [1.82, 2.24) is 14.5 Å². The summed E-state index contributed by atoms with van der Waals surface area (Å²) in [7, 11) is 3.22. The van der Waals surface area contributed by atoms with Crippen LogP contribution in [0.5, 0.6) is 0 Å². The van der Waals surface area contributed by atoms with E-state index >= 15 is 0 Å². The minimum atomic E-state index is -0.354. The Balaban J connectivity index is 1.85. The molecule has 1 fully saturated rings. The molecule has 1 saturated heterocycles. The van der Waals surface area contributed by atoms with Crippen LogP contribution in [0.4, 0.5) is 5.69 Å². The number of hydrogen-bond donors (Lipinski definition) is 1. The summed E-state index contributed by atoms with van der Waals surface area (Å²) in [6, 6.07) is 1.91. The molecule has 0 spiro atoms. The van der Waals surface area contributed by atoms with E-state index in [1.165, 1.54) is 0 Å². The van der Waals surface area contributed by atoms with Crippen molar-refractivity contribution >= 4 is 16.9 Å². The average molecular weight is 278 g/mol. The van der Waals surface area contributed by atoms with Crippen LogP contribution in [0.3, 0.4) is 0 Å². The van der Waals surface area contributed by atoms with Crippen LogP contribution in [0.2, 0.25) is 0 Å². The third kappa shape index (κ3) is 2.13. The molecule has 0 bridgehead atoms. The standard InChI is InChI=1S/C13H18N4O3/c1-18-13(19-2)10-5-8(6-20-10)17-7-16-11-9(14)3-4-15-12(11)17/h3-4,7-8,10,13H,5-6H2,1-2H3,(H2,14,15)/t8-,10-/m1/s1. The Bertz CT molecular complexity index is 596. The van der Waals surface area contributed by atoms with Gasteiger partial charge in [-0.2, -0.15) is 0 Å². The van der Waals surface area contributed by atoms with Gasteiger partial charge in [-0.25, -0.2) is 9.97 Å². The van der Waals surface area contributed by atoms with Gasteiger partial charge in [0.05, 0.1) is 24.7 Å². The highest BCUT2D eigenvalue weighted by Crippen LogP contribution is 2.30. The fourth-order valence-corrected chi connectivity index (χ4v) is 2.64. The van der Waals surface area contributed by atoms with Crippen molar-refractivity contribution < 1.29 is 14.2 Å². The van der Waals surface area contributed by atoms with Crippen molar-refractivity contribution in [3.63, 3.8) is 0 Å². The molecule has 0 unspecified atom stereocenters. The molecule has 0 aliphatic carbocycles. The second-order valence-electron chi connectivity index (χ2n) is 4.83. The number of imidazole rings is 1. The number of ether oxygens (including phenoxy) is 3. The van der Waals surface area contributed by atoms with Gasteiger partial charge < -0.3 is 24.5 Å². The molecule has 2 atom stereocenters. The lowest BCUT2D eigenvalue weighted by molar-refractivity contribution is -0.167. The van der Waals surface area contributed by atoms with E-state index in [2.05, 4.69) is 9.97 Å². The first kappa shape index (κ1) is 13.3. The first-order valence-electron chi connectivity index (χ1n) is 6.48. The summed E-state index contributed by atoms with van der Waals surface area (Å²) in [5.74, 6) is 0. The van der Waals surface area contributed by atoms with Gasteiger partial charge in [-0.15, -0.1) is 0 Å². The minimum absolute atomic E-state index is 0.0893. The van der Waals surface area contributed by atoms with Crippen molar-refractivity contribution in [3.05, 3.63) is 18.6 Å². The van der Waals surface area contributed by atoms with Gasteiger partial charge in [0.25, 0.3) is 0 Å². The van der Waals surface area contributed by atoms with Gasteiger partial charge in [0, 0.05) is 26.8 Å². The molecule has 2 aromatic heterocycles. The molecule has 1 aliphatic heterocycles. The van der Waals surface area contributed by atoms with Crippen LogP contribution in [0.15, 0.2) is 18.6 Å². The number of anilines is 1. The van der Waals surface area contributed by atoms with Crippen LogP contribution < -0.4 is 5.73 Å². The van der Waals surface area contributed by atoms with Crippen LogP contribution in [0, 0.1) is 0 Å². The summed E-state index contributed by atoms with van der Waals surface area (Å²) >= 11 is 0. The van der Waals surface area contributed by atoms with Crippen LogP contribution in [-0.4, -0.2) is 47.8 Å². The Morgan fingerprint density at radius 1 is 1.40 bits per heavy atom. The number of aromatic nitrogens is 3. The number of rotatable bonds is 4. The average Bonchev–Trinajstić information content (AvgIpc) is 3.07. The Kier molecular flexibility index (Phi) is 3.56. The zero-order valence-electron chi connectivity index (χ0n) is 11.5. The summed E-state index contributed by atoms with van der Waals surface area (Å²) in [6.07, 6.45) is 3.80. The van der Waals surface area contributed by atoms with Crippen molar-refractivity contribution in [3.8, 4) is 0 Å². The van der Waals surface area contributed by atoms with E-state index in [-0.39, 0.29) is 18.4 Å². The number of nitrogens with two attached hydrogens (primary N) is 1. The molecule has 1 aliphatic rings. The number of methoxy groups -OCH3 is 2. The lowest BCUT2D eigenvalue weighted by atomic mass is 10.1. The summed E-state index contributed by atoms with van der Waals surface area (Å²) < 4.78 is 18.3. The molecule has 7 nitrogen and oxygen atoms in total.